The summed E-state index contributed by atoms with van der Waals surface area (Å²) in [6.45, 7) is 8.30. The quantitative estimate of drug-likeness (QED) is 0.815. The van der Waals surface area contributed by atoms with Gasteiger partial charge in [0, 0.05) is 22.0 Å². The molecule has 0 aliphatic carbocycles. The minimum absolute atomic E-state index is 0.0832. The zero-order valence-corrected chi connectivity index (χ0v) is 15.7. The Labute approximate surface area is 149 Å². The topological polar surface area (TPSA) is 93.5 Å². The molecule has 25 heavy (non-hydrogen) atoms. The molecule has 2 aromatic heterocycles. The summed E-state index contributed by atoms with van der Waals surface area (Å²) in [6.07, 6.45) is 2.05. The number of rotatable bonds is 3. The van der Waals surface area contributed by atoms with E-state index >= 15 is 0 Å². The lowest BCUT2D eigenvalue weighted by Gasteiger charge is -2.42. The molecule has 0 saturated carbocycles. The van der Waals surface area contributed by atoms with Gasteiger partial charge in [0.15, 0.2) is 0 Å². The maximum absolute atomic E-state index is 12.4. The Morgan fingerprint density at radius 1 is 1.36 bits per heavy atom. The zero-order valence-electron chi connectivity index (χ0n) is 14.9. The molecule has 3 heterocycles. The number of hydrogen-bond donors (Lipinski definition) is 2. The molecule has 0 unspecified atom stereocenters. The summed E-state index contributed by atoms with van der Waals surface area (Å²) in [5.41, 5.74) is 0.809. The third-order valence-corrected chi connectivity index (χ3v) is 5.59. The van der Waals surface area contributed by atoms with Crippen molar-refractivity contribution < 1.29 is 18.8 Å². The lowest BCUT2D eigenvalue weighted by atomic mass is 9.81. The van der Waals surface area contributed by atoms with Gasteiger partial charge >= 0.3 is 5.97 Å². The smallest absolute Gasteiger partial charge is 0.341 e. The highest BCUT2D eigenvalue weighted by Gasteiger charge is 2.42. The first-order valence-electron chi connectivity index (χ1n) is 7.90. The van der Waals surface area contributed by atoms with Crippen molar-refractivity contribution in [2.24, 2.45) is 0 Å². The van der Waals surface area contributed by atoms with Crippen LogP contribution < -0.4 is 10.6 Å². The summed E-state index contributed by atoms with van der Waals surface area (Å²) in [7, 11) is 1.34. The molecule has 1 amide bonds. The largest absolute Gasteiger partial charge is 0.465 e. The number of aromatic nitrogens is 1. The molecule has 134 valence electrons. The van der Waals surface area contributed by atoms with Gasteiger partial charge < -0.3 is 19.9 Å². The Morgan fingerprint density at radius 3 is 2.68 bits per heavy atom. The number of nitrogens with one attached hydrogen (secondary N) is 2. The van der Waals surface area contributed by atoms with Gasteiger partial charge in [0.05, 0.1) is 18.9 Å². The summed E-state index contributed by atoms with van der Waals surface area (Å²) >= 11 is 1.38. The fourth-order valence-electron chi connectivity index (χ4n) is 3.43. The van der Waals surface area contributed by atoms with Gasteiger partial charge in [0.1, 0.15) is 5.00 Å². The van der Waals surface area contributed by atoms with Crippen LogP contribution in [-0.4, -0.2) is 29.7 Å². The molecular weight excluding hydrogens is 342 g/mol. The monoisotopic (exact) mass is 363 g/mol. The van der Waals surface area contributed by atoms with E-state index in [9.17, 15) is 9.59 Å². The van der Waals surface area contributed by atoms with E-state index in [1.165, 1.54) is 30.7 Å². The summed E-state index contributed by atoms with van der Waals surface area (Å²) in [4.78, 5) is 25.8. The number of carbonyl (C=O) groups is 2. The van der Waals surface area contributed by atoms with E-state index in [0.29, 0.717) is 17.0 Å². The first kappa shape index (κ1) is 17.6. The molecule has 0 bridgehead atoms. The lowest BCUT2D eigenvalue weighted by molar-refractivity contribution is 0.0600. The molecule has 0 aromatic carbocycles. The molecule has 1 aliphatic rings. The molecular formula is C17H21N3O4S. The average molecular weight is 363 g/mol. The molecule has 8 heteroatoms. The van der Waals surface area contributed by atoms with Gasteiger partial charge in [0.25, 0.3) is 5.91 Å². The number of methoxy groups -OCH3 is 1. The van der Waals surface area contributed by atoms with Crippen LogP contribution in [0.4, 0.5) is 5.00 Å². The zero-order chi connectivity index (χ0) is 18.4. The number of ether oxygens (including phenoxy) is 1. The van der Waals surface area contributed by atoms with Crippen molar-refractivity contribution in [1.29, 1.82) is 0 Å². The minimum Gasteiger partial charge on any atom is -0.465 e. The molecule has 2 N–H and O–H groups in total. The summed E-state index contributed by atoms with van der Waals surface area (Å²) < 4.78 is 9.85. The van der Waals surface area contributed by atoms with Gasteiger partial charge in [-0.2, -0.15) is 0 Å². The highest BCUT2D eigenvalue weighted by atomic mass is 32.1. The predicted molar refractivity (Wildman–Crippen MR) is 94.1 cm³/mol. The maximum Gasteiger partial charge on any atom is 0.341 e. The van der Waals surface area contributed by atoms with E-state index in [-0.39, 0.29) is 16.8 Å². The molecule has 2 aromatic rings. The lowest BCUT2D eigenvalue weighted by Crippen LogP contribution is -2.55. The molecule has 0 saturated heterocycles. The Morgan fingerprint density at radius 2 is 2.08 bits per heavy atom. The first-order valence-corrected chi connectivity index (χ1v) is 8.72. The number of thiophene rings is 1. The molecule has 3 rings (SSSR count). The third-order valence-electron chi connectivity index (χ3n) is 4.12. The Bertz CT molecular complexity index is 821. The van der Waals surface area contributed by atoms with E-state index in [1.54, 1.807) is 0 Å². The Kier molecular flexibility index (Phi) is 4.20. The number of anilines is 1. The molecule has 0 spiro atoms. The van der Waals surface area contributed by atoms with Crippen LogP contribution in [0.5, 0.6) is 0 Å². The van der Waals surface area contributed by atoms with Crippen molar-refractivity contribution in [1.82, 2.24) is 10.5 Å². The summed E-state index contributed by atoms with van der Waals surface area (Å²) in [5, 5.41) is 10.3. The van der Waals surface area contributed by atoms with E-state index in [2.05, 4.69) is 43.5 Å². The van der Waals surface area contributed by atoms with Crippen LogP contribution in [0.25, 0.3) is 0 Å². The number of esters is 1. The van der Waals surface area contributed by atoms with Crippen molar-refractivity contribution in [3.8, 4) is 0 Å². The molecule has 7 nitrogen and oxygen atoms in total. The number of fused-ring (bicyclic) bond motifs is 1. The average Bonchev–Trinajstić information content (AvgIpc) is 3.12. The number of hydrogen-bond acceptors (Lipinski definition) is 7. The van der Waals surface area contributed by atoms with E-state index in [0.717, 1.165) is 10.4 Å². The minimum atomic E-state index is -0.459. The molecule has 1 aliphatic heterocycles. The SMILES string of the molecule is COC(=O)c1c(NC(=O)c2ccno2)sc2c1CC(C)(C)NC2(C)C. The molecule has 0 radical (unpaired) electrons. The van der Waals surface area contributed by atoms with Gasteiger partial charge in [-0.1, -0.05) is 5.16 Å². The van der Waals surface area contributed by atoms with Gasteiger partial charge in [0.2, 0.25) is 5.76 Å². The normalized spacial score (nSPS) is 17.6. The summed E-state index contributed by atoms with van der Waals surface area (Å²) in [5.74, 6) is -0.829. The van der Waals surface area contributed by atoms with Crippen molar-refractivity contribution in [3.63, 3.8) is 0 Å². The number of carbonyl (C=O) groups excluding carboxylic acids is 2. The van der Waals surface area contributed by atoms with Crippen LogP contribution in [-0.2, 0) is 16.7 Å². The predicted octanol–water partition coefficient (Wildman–Crippen LogP) is 2.93. The highest BCUT2D eigenvalue weighted by Crippen LogP contribution is 2.45. The highest BCUT2D eigenvalue weighted by molar-refractivity contribution is 7.17. The second kappa shape index (κ2) is 5.96. The number of nitrogens with zero attached hydrogens (tertiary/aromatic N) is 1. The first-order chi connectivity index (χ1) is 11.6. The van der Waals surface area contributed by atoms with Gasteiger partial charge in [-0.3, -0.25) is 4.79 Å². The van der Waals surface area contributed by atoms with Gasteiger partial charge in [-0.15, -0.1) is 11.3 Å². The van der Waals surface area contributed by atoms with E-state index in [4.69, 9.17) is 9.26 Å². The van der Waals surface area contributed by atoms with Crippen molar-refractivity contribution in [2.45, 2.75) is 45.2 Å². The van der Waals surface area contributed by atoms with Crippen LogP contribution in [0, 0.1) is 0 Å². The van der Waals surface area contributed by atoms with Crippen LogP contribution >= 0.6 is 11.3 Å². The van der Waals surface area contributed by atoms with Crippen LogP contribution in [0.1, 0.15) is 59.0 Å². The van der Waals surface area contributed by atoms with Crippen molar-refractivity contribution in [3.05, 3.63) is 34.0 Å². The third kappa shape index (κ3) is 3.19. The maximum atomic E-state index is 12.4. The van der Waals surface area contributed by atoms with Crippen LogP contribution in [0.3, 0.4) is 0 Å². The van der Waals surface area contributed by atoms with Crippen molar-refractivity contribution in [2.75, 3.05) is 12.4 Å². The van der Waals surface area contributed by atoms with Crippen LogP contribution in [0.2, 0.25) is 0 Å². The van der Waals surface area contributed by atoms with E-state index < -0.39 is 11.9 Å². The van der Waals surface area contributed by atoms with Crippen molar-refractivity contribution >= 4 is 28.2 Å². The second-order valence-corrected chi connectivity index (χ2v) is 8.27. The Hall–Kier alpha value is -2.19. The molecule has 0 atom stereocenters. The summed E-state index contributed by atoms with van der Waals surface area (Å²) in [6, 6.07) is 1.47. The van der Waals surface area contributed by atoms with E-state index in [1.807, 2.05) is 0 Å². The number of amides is 1. The fraction of sp³-hybridized carbons (Fsp3) is 0.471. The standard InChI is InChI=1S/C17H21N3O4S/c1-16(2)8-9-11(15(22)23-5)14(25-12(9)17(3,4)20-16)19-13(21)10-6-7-18-24-10/h6-7,20H,8H2,1-5H3,(H,19,21). The van der Waals surface area contributed by atoms with Gasteiger partial charge in [-0.05, 0) is 39.7 Å². The second-order valence-electron chi connectivity index (χ2n) is 7.25. The van der Waals surface area contributed by atoms with Crippen LogP contribution in [0.15, 0.2) is 16.8 Å². The fourth-order valence-corrected chi connectivity index (χ4v) is 4.69. The Balaban J connectivity index is 2.09. The molecule has 0 fully saturated rings. The van der Waals surface area contributed by atoms with Gasteiger partial charge in [-0.25, -0.2) is 4.79 Å².